The molecule has 9 rings (SSSR count). The standard InChI is InChI=1S/C37H32N3O.C14H16NSi.Ir/c1-22(2)30-20-26(25-12-7-6-8-13-25)21-31(23(3)4)34(30)40-33-17-10-9-16-32(33)39-37(40)29-15-11-14-27-28-18-19-38-24(5)35(28)41-36(27)29;1-16(2,3)13-9-10-14(15-11-13)12-7-5-4-6-8-12;/h6-14,16-23H,1-5H3;4-7,9-11H,1-3H3;/q2*-1;. The van der Waals surface area contributed by atoms with Crippen LogP contribution in [0.1, 0.15) is 56.4 Å². The Bertz CT molecular complexity index is 2810. The van der Waals surface area contributed by atoms with E-state index in [0.29, 0.717) is 11.8 Å². The molecule has 0 fully saturated rings. The second kappa shape index (κ2) is 16.8. The molecule has 0 aliphatic heterocycles. The second-order valence-corrected chi connectivity index (χ2v) is 21.4. The molecule has 0 aliphatic carbocycles. The van der Waals surface area contributed by atoms with Crippen molar-refractivity contribution in [3.63, 3.8) is 0 Å². The summed E-state index contributed by atoms with van der Waals surface area (Å²) in [4.78, 5) is 14.2. The second-order valence-electron chi connectivity index (χ2n) is 16.4. The van der Waals surface area contributed by atoms with Crippen LogP contribution in [0.2, 0.25) is 19.6 Å². The van der Waals surface area contributed by atoms with Crippen LogP contribution in [-0.4, -0.2) is 27.6 Å². The zero-order valence-corrected chi connectivity index (χ0v) is 37.8. The van der Waals surface area contributed by atoms with Gasteiger partial charge in [-0.2, -0.15) is 0 Å². The Morgan fingerprint density at radius 1 is 0.672 bits per heavy atom. The molecule has 4 aromatic heterocycles. The Morgan fingerprint density at radius 3 is 2.02 bits per heavy atom. The minimum Gasteiger partial charge on any atom is -0.499 e. The van der Waals surface area contributed by atoms with E-state index >= 15 is 0 Å². The van der Waals surface area contributed by atoms with E-state index in [2.05, 4.69) is 159 Å². The van der Waals surface area contributed by atoms with Crippen LogP contribution in [0, 0.1) is 19.1 Å². The van der Waals surface area contributed by atoms with Gasteiger partial charge in [0.15, 0.2) is 0 Å². The van der Waals surface area contributed by atoms with Crippen LogP contribution in [0.15, 0.2) is 138 Å². The van der Waals surface area contributed by atoms with Crippen LogP contribution in [0.4, 0.5) is 0 Å². The number of aromatic nitrogens is 4. The minimum absolute atomic E-state index is 0. The van der Waals surface area contributed by atoms with Gasteiger partial charge in [0, 0.05) is 43.6 Å². The van der Waals surface area contributed by atoms with Crippen molar-refractivity contribution < 1.29 is 24.5 Å². The van der Waals surface area contributed by atoms with Crippen molar-refractivity contribution in [2.45, 2.75) is 66.1 Å². The number of hydrogen-bond donors (Lipinski definition) is 0. The van der Waals surface area contributed by atoms with E-state index in [9.17, 15) is 0 Å². The van der Waals surface area contributed by atoms with Gasteiger partial charge in [-0.15, -0.1) is 54.1 Å². The molecular formula is C51H48IrN4OSi-2. The molecule has 0 N–H and O–H groups in total. The van der Waals surface area contributed by atoms with E-state index in [0.717, 1.165) is 61.3 Å². The van der Waals surface area contributed by atoms with Crippen molar-refractivity contribution in [2.75, 3.05) is 0 Å². The molecule has 0 unspecified atom stereocenters. The zero-order valence-electron chi connectivity index (χ0n) is 34.4. The van der Waals surface area contributed by atoms with Crippen molar-refractivity contribution >= 4 is 46.2 Å². The van der Waals surface area contributed by atoms with E-state index < -0.39 is 8.07 Å². The molecule has 0 aliphatic rings. The van der Waals surface area contributed by atoms with Crippen LogP contribution in [0.3, 0.4) is 0 Å². The first-order chi connectivity index (χ1) is 27.5. The molecule has 0 atom stereocenters. The molecular weight excluding hydrogens is 905 g/mol. The first kappa shape index (κ1) is 40.7. The van der Waals surface area contributed by atoms with Gasteiger partial charge >= 0.3 is 0 Å². The first-order valence-corrected chi connectivity index (χ1v) is 23.3. The average molecular weight is 953 g/mol. The summed E-state index contributed by atoms with van der Waals surface area (Å²) in [6.45, 7) is 18.1. The number of aryl methyl sites for hydroxylation is 1. The molecule has 5 nitrogen and oxygen atoms in total. The molecule has 0 saturated heterocycles. The SMILES string of the molecule is C[Si](C)(C)c1ccc(-c2[c-]cccc2)nc1.Cc1nccc2c1oc1c(-c3nc4ccccc4n3-c3c(C(C)C)cc(-c4ccccc4)cc3C(C)C)[c-]ccc12.[Ir]. The Balaban J connectivity index is 0.000000254. The molecule has 0 spiro atoms. The molecule has 9 aromatic rings. The van der Waals surface area contributed by atoms with Crippen LogP contribution >= 0.6 is 0 Å². The smallest absolute Gasteiger partial charge is 0.142 e. The van der Waals surface area contributed by atoms with Crippen LogP contribution < -0.4 is 5.19 Å². The Morgan fingerprint density at radius 2 is 1.36 bits per heavy atom. The topological polar surface area (TPSA) is 56.7 Å². The fourth-order valence-electron chi connectivity index (χ4n) is 7.55. The number of benzene rings is 5. The minimum atomic E-state index is -1.23. The maximum Gasteiger partial charge on any atom is 0.142 e. The van der Waals surface area contributed by atoms with E-state index in [-0.39, 0.29) is 20.1 Å². The van der Waals surface area contributed by atoms with Gasteiger partial charge in [0.05, 0.1) is 36.2 Å². The van der Waals surface area contributed by atoms with Crippen molar-refractivity contribution in [1.82, 2.24) is 19.5 Å². The predicted molar refractivity (Wildman–Crippen MR) is 240 cm³/mol. The number of imidazole rings is 1. The molecule has 58 heavy (non-hydrogen) atoms. The van der Waals surface area contributed by atoms with Crippen molar-refractivity contribution in [2.24, 2.45) is 0 Å². The molecule has 0 saturated carbocycles. The van der Waals surface area contributed by atoms with Gasteiger partial charge in [0.2, 0.25) is 0 Å². The molecule has 7 heteroatoms. The van der Waals surface area contributed by atoms with Crippen molar-refractivity contribution in [3.8, 4) is 39.5 Å². The number of para-hydroxylation sites is 2. The monoisotopic (exact) mass is 953 g/mol. The van der Waals surface area contributed by atoms with E-state index in [1.807, 2.05) is 55.7 Å². The molecule has 1 radical (unpaired) electrons. The summed E-state index contributed by atoms with van der Waals surface area (Å²) in [6, 6.07) is 48.8. The Hall–Kier alpha value is -5.46. The normalized spacial score (nSPS) is 11.6. The number of fused-ring (bicyclic) bond motifs is 4. The van der Waals surface area contributed by atoms with Gasteiger partial charge in [0.25, 0.3) is 0 Å². The van der Waals surface area contributed by atoms with Gasteiger partial charge in [-0.3, -0.25) is 9.97 Å². The number of nitrogens with zero attached hydrogens (tertiary/aromatic N) is 4. The van der Waals surface area contributed by atoms with Gasteiger partial charge < -0.3 is 14.0 Å². The third kappa shape index (κ3) is 7.87. The molecule has 5 aromatic carbocycles. The number of rotatable bonds is 7. The fraction of sp³-hybridized carbons (Fsp3) is 0.196. The summed E-state index contributed by atoms with van der Waals surface area (Å²) in [6.07, 6.45) is 3.86. The largest absolute Gasteiger partial charge is 0.499 e. The van der Waals surface area contributed by atoms with Crippen LogP contribution in [0.25, 0.3) is 72.4 Å². The van der Waals surface area contributed by atoms with Crippen LogP contribution in [-0.2, 0) is 20.1 Å². The Labute approximate surface area is 356 Å². The molecule has 0 amide bonds. The first-order valence-electron chi connectivity index (χ1n) is 19.8. The summed E-state index contributed by atoms with van der Waals surface area (Å²) >= 11 is 0. The van der Waals surface area contributed by atoms with Crippen molar-refractivity contribution in [3.05, 3.63) is 163 Å². The van der Waals surface area contributed by atoms with Gasteiger partial charge in [-0.05, 0) is 82.2 Å². The maximum absolute atomic E-state index is 6.54. The molecule has 0 bridgehead atoms. The van der Waals surface area contributed by atoms with Gasteiger partial charge in [0.1, 0.15) is 5.58 Å². The zero-order chi connectivity index (χ0) is 39.8. The summed E-state index contributed by atoms with van der Waals surface area (Å²) < 4.78 is 8.89. The van der Waals surface area contributed by atoms with Gasteiger partial charge in [-0.25, -0.2) is 0 Å². The van der Waals surface area contributed by atoms with E-state index in [4.69, 9.17) is 9.40 Å². The van der Waals surface area contributed by atoms with E-state index in [1.165, 1.54) is 33.1 Å². The molecule has 4 heterocycles. The fourth-order valence-corrected chi connectivity index (χ4v) is 8.58. The third-order valence-electron chi connectivity index (χ3n) is 10.7. The summed E-state index contributed by atoms with van der Waals surface area (Å²) in [5.41, 5.74) is 13.6. The summed E-state index contributed by atoms with van der Waals surface area (Å²) in [5, 5.41) is 3.50. The predicted octanol–water partition coefficient (Wildman–Crippen LogP) is 13.1. The van der Waals surface area contributed by atoms with E-state index in [1.54, 1.807) is 0 Å². The average Bonchev–Trinajstić information content (AvgIpc) is 3.81. The van der Waals surface area contributed by atoms with Crippen molar-refractivity contribution in [1.29, 1.82) is 0 Å². The quantitative estimate of drug-likeness (QED) is 0.118. The number of hydrogen-bond acceptors (Lipinski definition) is 4. The number of furan rings is 1. The summed E-state index contributed by atoms with van der Waals surface area (Å²) in [7, 11) is -1.23. The Kier molecular flexibility index (Phi) is 11.8. The summed E-state index contributed by atoms with van der Waals surface area (Å²) in [5.74, 6) is 1.41. The maximum atomic E-state index is 6.54. The van der Waals surface area contributed by atoms with Gasteiger partial charge in [-0.1, -0.05) is 113 Å². The van der Waals surface area contributed by atoms with Crippen LogP contribution in [0.5, 0.6) is 0 Å². The third-order valence-corrected chi connectivity index (χ3v) is 12.7. The number of pyridine rings is 2. The molecule has 293 valence electrons.